The van der Waals surface area contributed by atoms with Crippen molar-refractivity contribution in [2.45, 2.75) is 18.9 Å². The van der Waals surface area contributed by atoms with E-state index in [0.29, 0.717) is 19.5 Å². The second kappa shape index (κ2) is 7.65. The molecule has 120 valence electrons. The molecule has 1 aliphatic rings. The zero-order valence-electron chi connectivity index (χ0n) is 12.5. The first-order chi connectivity index (χ1) is 10.6. The van der Waals surface area contributed by atoms with Crippen LogP contribution < -0.4 is 20.3 Å². The Labute approximate surface area is 129 Å². The number of urea groups is 1. The van der Waals surface area contributed by atoms with Gasteiger partial charge in [0.05, 0.1) is 13.2 Å². The van der Waals surface area contributed by atoms with Crippen LogP contribution in [0.25, 0.3) is 0 Å². The first kappa shape index (κ1) is 16.1. The number of nitrogens with one attached hydrogen (secondary N) is 2. The molecular weight excluding hydrogens is 286 g/mol. The van der Waals surface area contributed by atoms with Crippen molar-refractivity contribution in [3.63, 3.8) is 0 Å². The predicted molar refractivity (Wildman–Crippen MR) is 82.0 cm³/mol. The van der Waals surface area contributed by atoms with Crippen LogP contribution in [0.3, 0.4) is 0 Å². The minimum atomic E-state index is -0.317. The lowest BCUT2D eigenvalue weighted by atomic mass is 10.2. The molecule has 0 saturated carbocycles. The maximum absolute atomic E-state index is 12.1. The van der Waals surface area contributed by atoms with E-state index in [4.69, 9.17) is 9.84 Å². The third-order valence-corrected chi connectivity index (χ3v) is 3.46. The molecule has 1 atom stereocenters. The van der Waals surface area contributed by atoms with Gasteiger partial charge in [0.25, 0.3) is 0 Å². The van der Waals surface area contributed by atoms with Gasteiger partial charge in [-0.2, -0.15) is 0 Å². The number of amides is 3. The van der Waals surface area contributed by atoms with Crippen LogP contribution in [-0.4, -0.2) is 49.9 Å². The Morgan fingerprint density at radius 1 is 1.41 bits per heavy atom. The van der Waals surface area contributed by atoms with E-state index in [2.05, 4.69) is 10.6 Å². The SMILES string of the molecule is COc1ccc(N2C[C@H](NC(=O)NCCCO)CC2=O)cc1. The smallest absolute Gasteiger partial charge is 0.315 e. The van der Waals surface area contributed by atoms with Gasteiger partial charge in [-0.05, 0) is 30.7 Å². The molecule has 0 radical (unpaired) electrons. The highest BCUT2D eigenvalue weighted by Gasteiger charge is 2.31. The Balaban J connectivity index is 1.88. The molecule has 0 aliphatic carbocycles. The third kappa shape index (κ3) is 4.11. The molecule has 0 unspecified atom stereocenters. The molecule has 22 heavy (non-hydrogen) atoms. The highest BCUT2D eigenvalue weighted by Crippen LogP contribution is 2.24. The summed E-state index contributed by atoms with van der Waals surface area (Å²) < 4.78 is 5.09. The maximum Gasteiger partial charge on any atom is 0.315 e. The number of ether oxygens (including phenoxy) is 1. The van der Waals surface area contributed by atoms with Crippen LogP contribution >= 0.6 is 0 Å². The zero-order valence-corrected chi connectivity index (χ0v) is 12.5. The maximum atomic E-state index is 12.1. The topological polar surface area (TPSA) is 90.9 Å². The van der Waals surface area contributed by atoms with Crippen LogP contribution in [0.5, 0.6) is 5.75 Å². The average molecular weight is 307 g/mol. The van der Waals surface area contributed by atoms with E-state index in [1.807, 2.05) is 12.1 Å². The second-order valence-corrected chi connectivity index (χ2v) is 5.08. The molecule has 1 heterocycles. The summed E-state index contributed by atoms with van der Waals surface area (Å²) in [6.07, 6.45) is 0.786. The van der Waals surface area contributed by atoms with Gasteiger partial charge in [-0.25, -0.2) is 4.79 Å². The highest BCUT2D eigenvalue weighted by molar-refractivity contribution is 5.96. The van der Waals surface area contributed by atoms with Crippen LogP contribution in [-0.2, 0) is 4.79 Å². The largest absolute Gasteiger partial charge is 0.497 e. The van der Waals surface area contributed by atoms with Gasteiger partial charge >= 0.3 is 6.03 Å². The summed E-state index contributed by atoms with van der Waals surface area (Å²) in [5.41, 5.74) is 0.788. The number of methoxy groups -OCH3 is 1. The van der Waals surface area contributed by atoms with Gasteiger partial charge < -0.3 is 25.4 Å². The van der Waals surface area contributed by atoms with Gasteiger partial charge in [-0.15, -0.1) is 0 Å². The summed E-state index contributed by atoms with van der Waals surface area (Å²) in [6.45, 7) is 0.886. The van der Waals surface area contributed by atoms with E-state index in [1.54, 1.807) is 24.1 Å². The van der Waals surface area contributed by atoms with Crippen molar-refractivity contribution in [2.24, 2.45) is 0 Å². The lowest BCUT2D eigenvalue weighted by Crippen LogP contribution is -2.43. The third-order valence-electron chi connectivity index (χ3n) is 3.46. The van der Waals surface area contributed by atoms with E-state index in [1.165, 1.54) is 0 Å². The molecular formula is C15H21N3O4. The van der Waals surface area contributed by atoms with Gasteiger partial charge in [0.15, 0.2) is 0 Å². The number of carbonyl (C=O) groups excluding carboxylic acids is 2. The summed E-state index contributed by atoms with van der Waals surface area (Å²) in [4.78, 5) is 25.4. The number of nitrogens with zero attached hydrogens (tertiary/aromatic N) is 1. The predicted octanol–water partition coefficient (Wildman–Crippen LogP) is 0.482. The molecule has 0 bridgehead atoms. The first-order valence-corrected chi connectivity index (χ1v) is 7.23. The Hall–Kier alpha value is -2.28. The summed E-state index contributed by atoms with van der Waals surface area (Å²) in [5, 5.41) is 14.1. The number of rotatable bonds is 6. The Kier molecular flexibility index (Phi) is 5.60. The van der Waals surface area contributed by atoms with Crippen LogP contribution in [0.15, 0.2) is 24.3 Å². The van der Waals surface area contributed by atoms with Crippen LogP contribution in [0, 0.1) is 0 Å². The summed E-state index contributed by atoms with van der Waals surface area (Å²) in [6, 6.07) is 6.70. The van der Waals surface area contributed by atoms with Crippen molar-refractivity contribution < 1.29 is 19.4 Å². The Morgan fingerprint density at radius 2 is 2.14 bits per heavy atom. The standard InChI is InChI=1S/C15H21N3O4/c1-22-13-5-3-12(4-6-13)18-10-11(9-14(18)20)17-15(21)16-7-2-8-19/h3-6,11,19H,2,7-10H2,1H3,(H2,16,17,21)/t11-/m1/s1. The molecule has 0 aromatic heterocycles. The summed E-state index contributed by atoms with van der Waals surface area (Å²) >= 11 is 0. The first-order valence-electron chi connectivity index (χ1n) is 7.23. The zero-order chi connectivity index (χ0) is 15.9. The molecule has 1 saturated heterocycles. The fourth-order valence-electron chi connectivity index (χ4n) is 2.33. The second-order valence-electron chi connectivity index (χ2n) is 5.08. The summed E-state index contributed by atoms with van der Waals surface area (Å²) in [5.74, 6) is 0.708. The number of hydrogen-bond donors (Lipinski definition) is 3. The number of hydrogen-bond acceptors (Lipinski definition) is 4. The van der Waals surface area contributed by atoms with E-state index in [0.717, 1.165) is 11.4 Å². The fourth-order valence-corrected chi connectivity index (χ4v) is 2.33. The van der Waals surface area contributed by atoms with E-state index >= 15 is 0 Å². The molecule has 1 aromatic carbocycles. The highest BCUT2D eigenvalue weighted by atomic mass is 16.5. The van der Waals surface area contributed by atoms with E-state index in [9.17, 15) is 9.59 Å². The van der Waals surface area contributed by atoms with Crippen molar-refractivity contribution in [3.05, 3.63) is 24.3 Å². The Bertz CT molecular complexity index is 518. The van der Waals surface area contributed by atoms with Gasteiger partial charge in [0, 0.05) is 31.8 Å². The molecule has 0 spiro atoms. The van der Waals surface area contributed by atoms with Gasteiger partial charge in [-0.1, -0.05) is 0 Å². The number of anilines is 1. The summed E-state index contributed by atoms with van der Waals surface area (Å²) in [7, 11) is 1.59. The van der Waals surface area contributed by atoms with E-state index in [-0.39, 0.29) is 31.0 Å². The van der Waals surface area contributed by atoms with Gasteiger partial charge in [-0.3, -0.25) is 4.79 Å². The monoisotopic (exact) mass is 307 g/mol. The number of aliphatic hydroxyl groups is 1. The normalized spacial score (nSPS) is 17.5. The van der Waals surface area contributed by atoms with Crippen molar-refractivity contribution in [1.29, 1.82) is 0 Å². The number of benzene rings is 1. The van der Waals surface area contributed by atoms with Crippen LogP contribution in [0.1, 0.15) is 12.8 Å². The van der Waals surface area contributed by atoms with Crippen LogP contribution in [0.4, 0.5) is 10.5 Å². The minimum absolute atomic E-state index is 0.0224. The van der Waals surface area contributed by atoms with Gasteiger partial charge in [0.1, 0.15) is 5.75 Å². The molecule has 7 heteroatoms. The molecule has 1 fully saturated rings. The lowest BCUT2D eigenvalue weighted by Gasteiger charge is -2.17. The van der Waals surface area contributed by atoms with Crippen molar-refractivity contribution in [3.8, 4) is 5.75 Å². The van der Waals surface area contributed by atoms with Crippen molar-refractivity contribution >= 4 is 17.6 Å². The number of carbonyl (C=O) groups is 2. The lowest BCUT2D eigenvalue weighted by molar-refractivity contribution is -0.117. The number of aliphatic hydroxyl groups excluding tert-OH is 1. The quantitative estimate of drug-likeness (QED) is 0.667. The Morgan fingerprint density at radius 3 is 2.77 bits per heavy atom. The van der Waals surface area contributed by atoms with E-state index < -0.39 is 0 Å². The van der Waals surface area contributed by atoms with Crippen molar-refractivity contribution in [2.75, 3.05) is 31.7 Å². The molecule has 3 amide bonds. The molecule has 1 aliphatic heterocycles. The van der Waals surface area contributed by atoms with Crippen molar-refractivity contribution in [1.82, 2.24) is 10.6 Å². The molecule has 1 aromatic rings. The van der Waals surface area contributed by atoms with Crippen LogP contribution in [0.2, 0.25) is 0 Å². The average Bonchev–Trinajstić information content (AvgIpc) is 2.88. The fraction of sp³-hybridized carbons (Fsp3) is 0.467. The van der Waals surface area contributed by atoms with Gasteiger partial charge in [0.2, 0.25) is 5.91 Å². The molecule has 3 N–H and O–H groups in total. The molecule has 2 rings (SSSR count). The minimum Gasteiger partial charge on any atom is -0.497 e. The molecule has 7 nitrogen and oxygen atoms in total.